The second-order valence-corrected chi connectivity index (χ2v) is 19.6. The minimum absolute atomic E-state index is 0. The monoisotopic (exact) mass is 860 g/mol. The van der Waals surface area contributed by atoms with E-state index in [1.54, 1.807) is 0 Å². The number of rotatable bonds is 13. The molecule has 2 saturated heterocycles. The van der Waals surface area contributed by atoms with Gasteiger partial charge in [0.25, 0.3) is 0 Å². The van der Waals surface area contributed by atoms with Crippen LogP contribution < -0.4 is 29.6 Å². The van der Waals surface area contributed by atoms with Crippen molar-refractivity contribution in [2.45, 2.75) is 158 Å². The summed E-state index contributed by atoms with van der Waals surface area (Å²) in [5.74, 6) is -1.35. The fraction of sp³-hybridized carbons (Fsp3) is 0.949. The van der Waals surface area contributed by atoms with Gasteiger partial charge >= 0.3 is 29.6 Å². The molecule has 6 fully saturated rings. The molecule has 2 heterocycles. The van der Waals surface area contributed by atoms with Crippen molar-refractivity contribution in [3.63, 3.8) is 0 Å². The molecule has 0 amide bonds. The van der Waals surface area contributed by atoms with E-state index in [1.807, 2.05) is 13.8 Å². The Kier molecular flexibility index (Phi) is 15.8. The number of ether oxygens (including phenoxy) is 5. The van der Waals surface area contributed by atoms with Crippen LogP contribution >= 0.6 is 0 Å². The molecule has 330 valence electrons. The van der Waals surface area contributed by atoms with Crippen LogP contribution in [0.25, 0.3) is 0 Å². The van der Waals surface area contributed by atoms with Crippen molar-refractivity contribution in [3.8, 4) is 0 Å². The summed E-state index contributed by atoms with van der Waals surface area (Å²) in [4.78, 5) is 0. The van der Waals surface area contributed by atoms with Crippen LogP contribution in [0.3, 0.4) is 0 Å². The van der Waals surface area contributed by atoms with Gasteiger partial charge in [0.2, 0.25) is 10.4 Å². The Morgan fingerprint density at radius 3 is 2.16 bits per heavy atom. The van der Waals surface area contributed by atoms with Crippen LogP contribution in [-0.4, -0.2) is 160 Å². The summed E-state index contributed by atoms with van der Waals surface area (Å²) >= 11 is 0. The Bertz CT molecular complexity index is 1530. The minimum atomic E-state index is -5.33. The fourth-order valence-electron chi connectivity index (χ4n) is 12.3. The molecule has 21 atom stereocenters. The first kappa shape index (κ1) is 49.1. The fourth-order valence-corrected chi connectivity index (χ4v) is 12.8. The Morgan fingerprint density at radius 1 is 0.862 bits per heavy atom. The predicted octanol–water partition coefficient (Wildman–Crippen LogP) is -3.30. The number of hydrogen-bond acceptors (Lipinski definition) is 17. The summed E-state index contributed by atoms with van der Waals surface area (Å²) in [7, 11) is -4.09. The molecule has 19 heteroatoms. The van der Waals surface area contributed by atoms with Crippen molar-refractivity contribution in [2.24, 2.45) is 46.3 Å². The standard InChI is InChI=1S/C39H66O17S.Na/c1-18(20(3)15-52-35-33(31(26(44)17-53-35)56-57(48,49)50)55-36-32(51-6)30(46)25(43)16-54-36)7-8-19(2)21-13-23(41)34-37(21,4)12-10-27-38(5)11-9-22(40)29(45)28(38)24(42)14-39(27,34)47;/h19-36,40-47H,1,7-17H2,2-6H3,(H,48,49,50);/q;+1/p-1/t19-,20?,21-,22+,23-,24+,25-,26-,27-,28+,29+,30+,31+,32-,33-,34-,35-,36+,37-,38-,39+;/m1./s1. The molecule has 17 nitrogen and oxygen atoms in total. The van der Waals surface area contributed by atoms with Crippen LogP contribution in [0.15, 0.2) is 12.2 Å². The zero-order valence-electron chi connectivity index (χ0n) is 34.5. The normalized spacial score (nSPS) is 49.1. The van der Waals surface area contributed by atoms with Crippen molar-refractivity contribution in [2.75, 3.05) is 26.9 Å². The zero-order valence-corrected chi connectivity index (χ0v) is 37.4. The number of aliphatic hydroxyl groups excluding tert-OH is 7. The van der Waals surface area contributed by atoms with Gasteiger partial charge in [-0.05, 0) is 73.5 Å². The second-order valence-electron chi connectivity index (χ2n) is 18.6. The van der Waals surface area contributed by atoms with Crippen molar-refractivity contribution >= 4 is 10.4 Å². The van der Waals surface area contributed by atoms with Gasteiger partial charge in [-0.2, -0.15) is 0 Å². The molecule has 6 aliphatic rings. The SMILES string of the molecule is C=C(CC[C@@H](C)[C@H]1C[C@@H](O)[C@@H]2[C@]1(C)CC[C@@H]1[C@@]3(C)CC[C@H](O)[C@H](O)[C@@H]3[C@@H](O)C[C@]12O)C(C)CO[C@@H]1OC[C@@H](O)[C@H](OS(=O)(=O)[O-])[C@H]1O[C@@H]1OC[C@@H](O)[C@H](O)[C@H]1OC.[Na+]. The maximum atomic E-state index is 12.6. The van der Waals surface area contributed by atoms with E-state index in [0.717, 1.165) is 18.4 Å². The van der Waals surface area contributed by atoms with Crippen molar-refractivity contribution in [3.05, 3.63) is 12.2 Å². The van der Waals surface area contributed by atoms with Crippen LogP contribution in [0.5, 0.6) is 0 Å². The molecule has 0 radical (unpaired) electrons. The van der Waals surface area contributed by atoms with E-state index in [1.165, 1.54) is 7.11 Å². The molecule has 8 N–H and O–H groups in total. The first-order chi connectivity index (χ1) is 26.6. The van der Waals surface area contributed by atoms with E-state index in [-0.39, 0.29) is 72.9 Å². The topological polar surface area (TPSA) is 274 Å². The van der Waals surface area contributed by atoms with E-state index in [2.05, 4.69) is 24.6 Å². The molecule has 58 heavy (non-hydrogen) atoms. The van der Waals surface area contributed by atoms with E-state index in [0.29, 0.717) is 32.1 Å². The molecule has 4 saturated carbocycles. The smallest absolute Gasteiger partial charge is 0.726 e. The van der Waals surface area contributed by atoms with Gasteiger partial charge in [-0.3, -0.25) is 4.18 Å². The maximum Gasteiger partial charge on any atom is 1.00 e. The molecule has 0 bridgehead atoms. The predicted molar refractivity (Wildman–Crippen MR) is 197 cm³/mol. The van der Waals surface area contributed by atoms with E-state index in [4.69, 9.17) is 23.7 Å². The number of hydrogen-bond donors (Lipinski definition) is 8. The van der Waals surface area contributed by atoms with Gasteiger partial charge in [0, 0.05) is 31.3 Å². The van der Waals surface area contributed by atoms with Gasteiger partial charge in [0.05, 0.1) is 49.8 Å². The third-order valence-corrected chi connectivity index (χ3v) is 15.7. The summed E-state index contributed by atoms with van der Waals surface area (Å²) < 4.78 is 68.0. The number of methoxy groups -OCH3 is 1. The van der Waals surface area contributed by atoms with E-state index in [9.17, 15) is 53.8 Å². The Balaban J connectivity index is 0.00000641. The van der Waals surface area contributed by atoms with Crippen molar-refractivity contribution in [1.29, 1.82) is 0 Å². The van der Waals surface area contributed by atoms with Crippen LogP contribution in [0.1, 0.15) is 79.1 Å². The van der Waals surface area contributed by atoms with Crippen molar-refractivity contribution in [1.82, 2.24) is 0 Å². The quantitative estimate of drug-likeness (QED) is 0.0390. The van der Waals surface area contributed by atoms with Gasteiger partial charge < -0.3 is 69.1 Å². The van der Waals surface area contributed by atoms with Gasteiger partial charge in [-0.1, -0.05) is 39.8 Å². The molecular formula is C39H65NaO17S. The maximum absolute atomic E-state index is 12.6. The third-order valence-electron chi connectivity index (χ3n) is 15.2. The molecule has 4 aliphatic carbocycles. The van der Waals surface area contributed by atoms with E-state index >= 15 is 0 Å². The molecule has 2 aliphatic heterocycles. The first-order valence-electron chi connectivity index (χ1n) is 20.4. The van der Waals surface area contributed by atoms with Crippen LogP contribution in [0.2, 0.25) is 0 Å². The zero-order chi connectivity index (χ0) is 42.0. The summed E-state index contributed by atoms with van der Waals surface area (Å²) in [6, 6.07) is 0. The number of fused-ring (bicyclic) bond motifs is 5. The molecule has 0 aromatic heterocycles. The van der Waals surface area contributed by atoms with Gasteiger partial charge in [-0.15, -0.1) is 0 Å². The first-order valence-corrected chi connectivity index (χ1v) is 21.7. The molecule has 0 aromatic carbocycles. The summed E-state index contributed by atoms with van der Waals surface area (Å²) in [5, 5.41) is 88.2. The molecule has 1 unspecified atom stereocenters. The van der Waals surface area contributed by atoms with Crippen molar-refractivity contribution < 1.29 is 111 Å². The molecule has 6 rings (SSSR count). The van der Waals surface area contributed by atoms with Crippen LogP contribution in [-0.2, 0) is 38.3 Å². The Hall–Kier alpha value is 0.0900. The summed E-state index contributed by atoms with van der Waals surface area (Å²) in [5.41, 5.74) is -1.50. The summed E-state index contributed by atoms with van der Waals surface area (Å²) in [6.45, 7) is 11.7. The Morgan fingerprint density at radius 2 is 1.50 bits per heavy atom. The number of aliphatic hydroxyl groups is 8. The average molecular weight is 861 g/mol. The summed E-state index contributed by atoms with van der Waals surface area (Å²) in [6.07, 6.45) is -11.2. The molecule has 0 aromatic rings. The van der Waals surface area contributed by atoms with Gasteiger partial charge in [-0.25, -0.2) is 8.42 Å². The minimum Gasteiger partial charge on any atom is -0.726 e. The van der Waals surface area contributed by atoms with Gasteiger partial charge in [0.15, 0.2) is 12.6 Å². The second kappa shape index (κ2) is 18.7. The third kappa shape index (κ3) is 9.19. The van der Waals surface area contributed by atoms with Crippen LogP contribution in [0, 0.1) is 46.3 Å². The van der Waals surface area contributed by atoms with E-state index < -0.39 is 119 Å². The molecular weight excluding hydrogens is 795 g/mol. The average Bonchev–Trinajstić information content (AvgIpc) is 3.41. The molecule has 0 spiro atoms. The largest absolute Gasteiger partial charge is 1.00 e. The van der Waals surface area contributed by atoms with Gasteiger partial charge in [0.1, 0.15) is 36.6 Å². The van der Waals surface area contributed by atoms with Crippen LogP contribution in [0.4, 0.5) is 0 Å². The Labute approximate surface area is 363 Å².